The molecule has 0 saturated carbocycles. The van der Waals surface area contributed by atoms with Crippen LogP contribution in [0.15, 0.2) is 70.2 Å². The number of benzene rings is 2. The second-order valence-corrected chi connectivity index (χ2v) is 9.44. The van der Waals surface area contributed by atoms with Crippen LogP contribution in [-0.2, 0) is 34.5 Å². The molecule has 0 saturated heterocycles. The van der Waals surface area contributed by atoms with Gasteiger partial charge in [-0.05, 0) is 41.5 Å². The van der Waals surface area contributed by atoms with Gasteiger partial charge < -0.3 is 19.2 Å². The molecule has 8 nitrogen and oxygen atoms in total. The number of sulfonamides is 1. The number of ether oxygens (including phenoxy) is 2. The number of furan rings is 1. The average molecular weight is 487 g/mol. The van der Waals surface area contributed by atoms with E-state index in [1.165, 1.54) is 23.5 Å². The van der Waals surface area contributed by atoms with Crippen molar-refractivity contribution in [3.05, 3.63) is 83.3 Å². The molecule has 0 aliphatic heterocycles. The summed E-state index contributed by atoms with van der Waals surface area (Å²) >= 11 is 0. The van der Waals surface area contributed by atoms with Crippen molar-refractivity contribution < 1.29 is 27.1 Å². The Labute approximate surface area is 200 Å². The highest BCUT2D eigenvalue weighted by atomic mass is 32.2. The number of nitrogens with zero attached hydrogens (tertiary/aromatic N) is 1. The fraction of sp³-hybridized carbons (Fsp3) is 0.320. The number of amides is 1. The van der Waals surface area contributed by atoms with E-state index in [0.29, 0.717) is 26.3 Å². The Morgan fingerprint density at radius 3 is 2.44 bits per heavy atom. The summed E-state index contributed by atoms with van der Waals surface area (Å²) in [6.07, 6.45) is 1.60. The first-order valence-corrected chi connectivity index (χ1v) is 12.5. The van der Waals surface area contributed by atoms with Gasteiger partial charge in [0.15, 0.2) is 0 Å². The van der Waals surface area contributed by atoms with Crippen molar-refractivity contribution in [1.29, 1.82) is 0 Å². The molecule has 3 aromatic rings. The zero-order chi connectivity index (χ0) is 24.6. The van der Waals surface area contributed by atoms with Crippen molar-refractivity contribution in [2.75, 3.05) is 20.2 Å². The summed E-state index contributed by atoms with van der Waals surface area (Å²) in [6.45, 7) is 5.24. The molecular weight excluding hydrogens is 456 g/mol. The van der Waals surface area contributed by atoms with Gasteiger partial charge in [-0.3, -0.25) is 4.79 Å². The lowest BCUT2D eigenvalue weighted by Gasteiger charge is -2.20. The smallest absolute Gasteiger partial charge is 0.251 e. The van der Waals surface area contributed by atoms with Gasteiger partial charge in [0.25, 0.3) is 5.91 Å². The summed E-state index contributed by atoms with van der Waals surface area (Å²) in [6, 6.07) is 15.8. The molecule has 0 fully saturated rings. The first-order valence-electron chi connectivity index (χ1n) is 11.0. The molecule has 34 heavy (non-hydrogen) atoms. The van der Waals surface area contributed by atoms with E-state index in [9.17, 15) is 13.2 Å². The van der Waals surface area contributed by atoms with Gasteiger partial charge in [-0.2, -0.15) is 4.31 Å². The van der Waals surface area contributed by atoms with Crippen LogP contribution in [0.25, 0.3) is 0 Å². The molecule has 0 bridgehead atoms. The van der Waals surface area contributed by atoms with Crippen LogP contribution in [0.2, 0.25) is 0 Å². The maximum absolute atomic E-state index is 13.0. The lowest BCUT2D eigenvalue weighted by molar-refractivity contribution is 0.0928. The summed E-state index contributed by atoms with van der Waals surface area (Å²) in [7, 11) is -2.39. The summed E-state index contributed by atoms with van der Waals surface area (Å²) in [5.41, 5.74) is 2.11. The summed E-state index contributed by atoms with van der Waals surface area (Å²) in [4.78, 5) is 12.8. The summed E-state index contributed by atoms with van der Waals surface area (Å²) < 4.78 is 43.5. The highest BCUT2D eigenvalue weighted by Crippen LogP contribution is 2.28. The highest BCUT2D eigenvalue weighted by molar-refractivity contribution is 7.89. The molecule has 0 spiro atoms. The van der Waals surface area contributed by atoms with Crippen LogP contribution >= 0.6 is 0 Å². The second-order valence-electron chi connectivity index (χ2n) is 7.53. The zero-order valence-corrected chi connectivity index (χ0v) is 20.4. The van der Waals surface area contributed by atoms with Gasteiger partial charge in [0, 0.05) is 25.2 Å². The molecule has 3 rings (SSSR count). The Balaban J connectivity index is 1.67. The summed E-state index contributed by atoms with van der Waals surface area (Å²) in [5, 5.41) is 2.85. The second kappa shape index (κ2) is 11.8. The van der Waals surface area contributed by atoms with Crippen molar-refractivity contribution >= 4 is 15.9 Å². The normalized spacial score (nSPS) is 11.5. The number of carbonyl (C=O) groups excluding carboxylic acids is 1. The van der Waals surface area contributed by atoms with Gasteiger partial charge in [0.2, 0.25) is 10.0 Å². The third-order valence-corrected chi connectivity index (χ3v) is 7.36. The van der Waals surface area contributed by atoms with Crippen molar-refractivity contribution in [2.45, 2.75) is 38.5 Å². The van der Waals surface area contributed by atoms with Gasteiger partial charge in [0.1, 0.15) is 23.0 Å². The van der Waals surface area contributed by atoms with Crippen LogP contribution in [0.4, 0.5) is 0 Å². The van der Waals surface area contributed by atoms with E-state index in [4.69, 9.17) is 13.9 Å². The van der Waals surface area contributed by atoms with Gasteiger partial charge in [-0.1, -0.05) is 38.1 Å². The van der Waals surface area contributed by atoms with E-state index >= 15 is 0 Å². The number of nitrogens with one attached hydrogen (secondary N) is 1. The SMILES string of the molecule is CCN(CC)S(=O)(=O)c1cc(C(=O)NCc2cccc(COCc3ccco3)c2)ccc1OC. The van der Waals surface area contributed by atoms with E-state index in [1.54, 1.807) is 26.2 Å². The zero-order valence-electron chi connectivity index (χ0n) is 19.6. The Morgan fingerprint density at radius 2 is 1.76 bits per heavy atom. The Hall–Kier alpha value is -3.14. The minimum absolute atomic E-state index is 0.0259. The van der Waals surface area contributed by atoms with Crippen LogP contribution in [0.3, 0.4) is 0 Å². The molecule has 1 N–H and O–H groups in total. The fourth-order valence-electron chi connectivity index (χ4n) is 3.50. The topological polar surface area (TPSA) is 98.1 Å². The maximum Gasteiger partial charge on any atom is 0.251 e. The molecular formula is C25H30N2O6S. The average Bonchev–Trinajstić information content (AvgIpc) is 3.36. The van der Waals surface area contributed by atoms with Crippen LogP contribution in [0, 0.1) is 0 Å². The Bertz CT molecular complexity index is 1190. The number of rotatable bonds is 12. The van der Waals surface area contributed by atoms with E-state index in [-0.39, 0.29) is 28.7 Å². The predicted molar refractivity (Wildman–Crippen MR) is 128 cm³/mol. The first kappa shape index (κ1) is 25.5. The quantitative estimate of drug-likeness (QED) is 0.416. The van der Waals surface area contributed by atoms with E-state index in [0.717, 1.165) is 16.9 Å². The van der Waals surface area contributed by atoms with Gasteiger partial charge in [-0.15, -0.1) is 0 Å². The lowest BCUT2D eigenvalue weighted by atomic mass is 10.1. The monoisotopic (exact) mass is 486 g/mol. The van der Waals surface area contributed by atoms with Crippen LogP contribution in [-0.4, -0.2) is 38.8 Å². The first-order chi connectivity index (χ1) is 16.4. The summed E-state index contributed by atoms with van der Waals surface area (Å²) in [5.74, 6) is 0.578. The van der Waals surface area contributed by atoms with Gasteiger partial charge in [0.05, 0.1) is 20.0 Å². The molecule has 2 aromatic carbocycles. The minimum Gasteiger partial charge on any atom is -0.495 e. The van der Waals surface area contributed by atoms with Gasteiger partial charge in [-0.25, -0.2) is 8.42 Å². The van der Waals surface area contributed by atoms with Crippen molar-refractivity contribution in [2.24, 2.45) is 0 Å². The molecule has 1 heterocycles. The minimum atomic E-state index is -3.79. The third kappa shape index (κ3) is 6.25. The molecule has 0 radical (unpaired) electrons. The molecule has 1 amide bonds. The van der Waals surface area contributed by atoms with E-state index in [2.05, 4.69) is 5.32 Å². The lowest BCUT2D eigenvalue weighted by Crippen LogP contribution is -2.31. The van der Waals surface area contributed by atoms with E-state index < -0.39 is 10.0 Å². The Kier molecular flexibility index (Phi) is 8.86. The fourth-order valence-corrected chi connectivity index (χ4v) is 5.14. The molecule has 1 aromatic heterocycles. The van der Waals surface area contributed by atoms with Crippen LogP contribution in [0.1, 0.15) is 41.1 Å². The molecule has 9 heteroatoms. The number of hydrogen-bond acceptors (Lipinski definition) is 6. The van der Waals surface area contributed by atoms with Crippen LogP contribution < -0.4 is 10.1 Å². The maximum atomic E-state index is 13.0. The van der Waals surface area contributed by atoms with Crippen molar-refractivity contribution in [1.82, 2.24) is 9.62 Å². The molecule has 0 aliphatic rings. The standard InChI is InChI=1S/C25H30N2O6S/c1-4-27(5-2)34(29,30)24-15-21(11-12-23(24)31-3)25(28)26-16-19-8-6-9-20(14-19)17-32-18-22-10-7-13-33-22/h6-15H,4-5,16-18H2,1-3H3,(H,26,28). The van der Waals surface area contributed by atoms with Crippen LogP contribution in [0.5, 0.6) is 5.75 Å². The van der Waals surface area contributed by atoms with Crippen molar-refractivity contribution in [3.63, 3.8) is 0 Å². The molecule has 0 unspecified atom stereocenters. The molecule has 182 valence electrons. The number of hydrogen-bond donors (Lipinski definition) is 1. The van der Waals surface area contributed by atoms with E-state index in [1.807, 2.05) is 36.4 Å². The third-order valence-electron chi connectivity index (χ3n) is 5.29. The number of carbonyl (C=O) groups is 1. The largest absolute Gasteiger partial charge is 0.495 e. The molecule has 0 atom stereocenters. The highest BCUT2D eigenvalue weighted by Gasteiger charge is 2.26. The van der Waals surface area contributed by atoms with Gasteiger partial charge >= 0.3 is 0 Å². The van der Waals surface area contributed by atoms with Crippen molar-refractivity contribution in [3.8, 4) is 5.75 Å². The molecule has 0 aliphatic carbocycles. The predicted octanol–water partition coefficient (Wildman–Crippen LogP) is 3.97. The number of methoxy groups -OCH3 is 1. The Morgan fingerprint density at radius 1 is 1.00 bits per heavy atom.